The van der Waals surface area contributed by atoms with Crippen LogP contribution in [0.25, 0.3) is 0 Å². The first kappa shape index (κ1) is 15.5. The first-order valence-electron chi connectivity index (χ1n) is 7.86. The van der Waals surface area contributed by atoms with Gasteiger partial charge in [0, 0.05) is 38.6 Å². The molecule has 3 nitrogen and oxygen atoms in total. The highest BCUT2D eigenvalue weighted by molar-refractivity contribution is 5.32. The normalized spacial score (nSPS) is 18.6. The van der Waals surface area contributed by atoms with Crippen LogP contribution in [0.15, 0.2) is 24.3 Å². The molecule has 2 rings (SSSR count). The molecule has 0 amide bonds. The summed E-state index contributed by atoms with van der Waals surface area (Å²) in [6.07, 6.45) is 1.23. The number of nitrogens with one attached hydrogen (secondary N) is 1. The standard InChI is InChI=1S/C17H29N3/c1-4-9-20(11-10-19(2)3)14-16-13-18-12-15-7-5-6-8-17(15)16/h5-8,16,18H,4,9-14H2,1-3H3. The molecule has 0 saturated heterocycles. The molecule has 0 bridgehead atoms. The van der Waals surface area contributed by atoms with Gasteiger partial charge in [-0.05, 0) is 38.2 Å². The average molecular weight is 275 g/mol. The fourth-order valence-electron chi connectivity index (χ4n) is 3.01. The van der Waals surface area contributed by atoms with Crippen molar-refractivity contribution in [1.82, 2.24) is 15.1 Å². The maximum atomic E-state index is 3.57. The summed E-state index contributed by atoms with van der Waals surface area (Å²) in [5.41, 5.74) is 3.03. The van der Waals surface area contributed by atoms with Crippen molar-refractivity contribution in [3.05, 3.63) is 35.4 Å². The van der Waals surface area contributed by atoms with Crippen molar-refractivity contribution >= 4 is 0 Å². The molecular weight excluding hydrogens is 246 g/mol. The first-order chi connectivity index (χ1) is 9.70. The summed E-state index contributed by atoms with van der Waals surface area (Å²) in [6, 6.07) is 8.91. The van der Waals surface area contributed by atoms with Gasteiger partial charge in [0.1, 0.15) is 0 Å². The lowest BCUT2D eigenvalue weighted by molar-refractivity contribution is 0.224. The molecule has 1 atom stereocenters. The Morgan fingerprint density at radius 1 is 1.15 bits per heavy atom. The zero-order valence-corrected chi connectivity index (χ0v) is 13.2. The fourth-order valence-corrected chi connectivity index (χ4v) is 3.01. The van der Waals surface area contributed by atoms with Crippen LogP contribution in [-0.2, 0) is 6.54 Å². The Morgan fingerprint density at radius 2 is 1.95 bits per heavy atom. The lowest BCUT2D eigenvalue weighted by Gasteiger charge is -2.32. The quantitative estimate of drug-likeness (QED) is 0.822. The van der Waals surface area contributed by atoms with Crippen LogP contribution in [-0.4, -0.2) is 56.6 Å². The van der Waals surface area contributed by atoms with Crippen LogP contribution < -0.4 is 5.32 Å². The third-order valence-electron chi connectivity index (χ3n) is 4.08. The van der Waals surface area contributed by atoms with Crippen molar-refractivity contribution in [3.63, 3.8) is 0 Å². The molecule has 0 aromatic heterocycles. The van der Waals surface area contributed by atoms with E-state index >= 15 is 0 Å². The van der Waals surface area contributed by atoms with E-state index in [9.17, 15) is 0 Å². The molecule has 1 aromatic rings. The number of fused-ring (bicyclic) bond motifs is 1. The van der Waals surface area contributed by atoms with Gasteiger partial charge < -0.3 is 15.1 Å². The van der Waals surface area contributed by atoms with Crippen LogP contribution in [0.2, 0.25) is 0 Å². The Kier molecular flexibility index (Phi) is 6.02. The molecule has 3 heteroatoms. The summed E-state index contributed by atoms with van der Waals surface area (Å²) >= 11 is 0. The minimum absolute atomic E-state index is 0.633. The Bertz CT molecular complexity index is 403. The molecular formula is C17H29N3. The summed E-state index contributed by atoms with van der Waals surface area (Å²) in [6.45, 7) is 9.09. The van der Waals surface area contributed by atoms with Crippen molar-refractivity contribution in [2.75, 3.05) is 46.8 Å². The highest BCUT2D eigenvalue weighted by atomic mass is 15.2. The average Bonchev–Trinajstić information content (AvgIpc) is 2.45. The van der Waals surface area contributed by atoms with Gasteiger partial charge in [0.05, 0.1) is 0 Å². The maximum Gasteiger partial charge on any atom is 0.0208 e. The van der Waals surface area contributed by atoms with Gasteiger partial charge >= 0.3 is 0 Å². The van der Waals surface area contributed by atoms with Crippen molar-refractivity contribution < 1.29 is 0 Å². The lowest BCUT2D eigenvalue weighted by Crippen LogP contribution is -2.39. The molecule has 0 fully saturated rings. The molecule has 0 spiro atoms. The summed E-state index contributed by atoms with van der Waals surface area (Å²) in [5.74, 6) is 0.633. The van der Waals surface area contributed by atoms with Crippen LogP contribution in [0.5, 0.6) is 0 Å². The molecule has 1 aliphatic rings. The number of likely N-dealkylation sites (N-methyl/N-ethyl adjacent to an activating group) is 1. The predicted molar refractivity (Wildman–Crippen MR) is 86.2 cm³/mol. The molecule has 1 N–H and O–H groups in total. The highest BCUT2D eigenvalue weighted by Gasteiger charge is 2.21. The van der Waals surface area contributed by atoms with Crippen LogP contribution in [0.3, 0.4) is 0 Å². The Morgan fingerprint density at radius 3 is 2.70 bits per heavy atom. The van der Waals surface area contributed by atoms with Crippen molar-refractivity contribution in [2.24, 2.45) is 0 Å². The summed E-state index contributed by atoms with van der Waals surface area (Å²) in [5, 5.41) is 3.57. The third kappa shape index (κ3) is 4.30. The summed E-state index contributed by atoms with van der Waals surface area (Å²) in [7, 11) is 4.31. The van der Waals surface area contributed by atoms with Gasteiger partial charge in [-0.15, -0.1) is 0 Å². The SMILES string of the molecule is CCCN(CCN(C)C)CC1CNCc2ccccc21. The Labute approximate surface area is 124 Å². The molecule has 112 valence electrons. The second kappa shape index (κ2) is 7.77. The number of hydrogen-bond donors (Lipinski definition) is 1. The second-order valence-electron chi connectivity index (χ2n) is 6.13. The van der Waals surface area contributed by atoms with Gasteiger partial charge in [-0.25, -0.2) is 0 Å². The van der Waals surface area contributed by atoms with E-state index in [1.54, 1.807) is 5.56 Å². The number of benzene rings is 1. The minimum atomic E-state index is 0.633. The van der Waals surface area contributed by atoms with Gasteiger partial charge in [-0.3, -0.25) is 0 Å². The Hall–Kier alpha value is -0.900. The zero-order valence-electron chi connectivity index (χ0n) is 13.2. The van der Waals surface area contributed by atoms with E-state index in [4.69, 9.17) is 0 Å². The molecule has 0 saturated carbocycles. The van der Waals surface area contributed by atoms with Gasteiger partial charge in [-0.2, -0.15) is 0 Å². The van der Waals surface area contributed by atoms with Gasteiger partial charge in [0.15, 0.2) is 0 Å². The van der Waals surface area contributed by atoms with E-state index in [-0.39, 0.29) is 0 Å². The lowest BCUT2D eigenvalue weighted by atomic mass is 9.90. The van der Waals surface area contributed by atoms with Crippen molar-refractivity contribution in [2.45, 2.75) is 25.8 Å². The van der Waals surface area contributed by atoms with Crippen LogP contribution in [0, 0.1) is 0 Å². The number of rotatable bonds is 7. The monoisotopic (exact) mass is 275 g/mol. The zero-order chi connectivity index (χ0) is 14.4. The number of hydrogen-bond acceptors (Lipinski definition) is 3. The largest absolute Gasteiger partial charge is 0.312 e. The first-order valence-corrected chi connectivity index (χ1v) is 7.86. The molecule has 0 aliphatic carbocycles. The van der Waals surface area contributed by atoms with Crippen molar-refractivity contribution in [3.8, 4) is 0 Å². The topological polar surface area (TPSA) is 18.5 Å². The van der Waals surface area contributed by atoms with Crippen LogP contribution in [0.1, 0.15) is 30.4 Å². The molecule has 1 heterocycles. The van der Waals surface area contributed by atoms with E-state index in [1.165, 1.54) is 31.6 Å². The minimum Gasteiger partial charge on any atom is -0.312 e. The molecule has 0 radical (unpaired) electrons. The van der Waals surface area contributed by atoms with E-state index in [0.29, 0.717) is 5.92 Å². The van der Waals surface area contributed by atoms with Gasteiger partial charge in [-0.1, -0.05) is 31.2 Å². The summed E-state index contributed by atoms with van der Waals surface area (Å²) in [4.78, 5) is 4.89. The van der Waals surface area contributed by atoms with Gasteiger partial charge in [0.2, 0.25) is 0 Å². The summed E-state index contributed by atoms with van der Waals surface area (Å²) < 4.78 is 0. The van der Waals surface area contributed by atoms with E-state index < -0.39 is 0 Å². The molecule has 1 unspecified atom stereocenters. The molecule has 1 aliphatic heterocycles. The van der Waals surface area contributed by atoms with E-state index in [1.807, 2.05) is 0 Å². The smallest absolute Gasteiger partial charge is 0.0208 e. The van der Waals surface area contributed by atoms with Gasteiger partial charge in [0.25, 0.3) is 0 Å². The predicted octanol–water partition coefficient (Wildman–Crippen LogP) is 2.15. The fraction of sp³-hybridized carbons (Fsp3) is 0.647. The second-order valence-corrected chi connectivity index (χ2v) is 6.13. The van der Waals surface area contributed by atoms with Crippen LogP contribution in [0.4, 0.5) is 0 Å². The van der Waals surface area contributed by atoms with Crippen LogP contribution >= 0.6 is 0 Å². The van der Waals surface area contributed by atoms with E-state index in [2.05, 4.69) is 60.4 Å². The van der Waals surface area contributed by atoms with E-state index in [0.717, 1.165) is 19.6 Å². The molecule has 1 aromatic carbocycles. The third-order valence-corrected chi connectivity index (χ3v) is 4.08. The Balaban J connectivity index is 2.00. The maximum absolute atomic E-state index is 3.57. The number of nitrogens with zero attached hydrogens (tertiary/aromatic N) is 2. The highest BCUT2D eigenvalue weighted by Crippen LogP contribution is 2.24. The van der Waals surface area contributed by atoms with Crippen molar-refractivity contribution in [1.29, 1.82) is 0 Å². The molecule has 20 heavy (non-hydrogen) atoms.